The molecular formula is C40H25N3O2. The molecule has 0 aliphatic heterocycles. The molecule has 212 valence electrons. The molecule has 2 heterocycles. The van der Waals surface area contributed by atoms with Crippen LogP contribution in [0.3, 0.4) is 0 Å². The summed E-state index contributed by atoms with van der Waals surface area (Å²) in [7, 11) is 0. The first-order valence-electron chi connectivity index (χ1n) is 14.7. The Morgan fingerprint density at radius 2 is 0.756 bits per heavy atom. The third-order valence-electron chi connectivity index (χ3n) is 7.97. The zero-order chi connectivity index (χ0) is 30.2. The first kappa shape index (κ1) is 26.4. The highest BCUT2D eigenvalue weighted by molar-refractivity contribution is 5.92. The average molecular weight is 580 g/mol. The second-order valence-electron chi connectivity index (χ2n) is 10.8. The highest BCUT2D eigenvalue weighted by Gasteiger charge is 2.13. The Labute approximate surface area is 259 Å². The second kappa shape index (κ2) is 11.1. The summed E-state index contributed by atoms with van der Waals surface area (Å²) in [6.45, 7) is 0. The Hall–Kier alpha value is -6.20. The number of hydrogen-bond donors (Lipinski definition) is 0. The van der Waals surface area contributed by atoms with Crippen LogP contribution in [0.4, 0.5) is 0 Å². The van der Waals surface area contributed by atoms with Crippen molar-refractivity contribution in [3.05, 3.63) is 162 Å². The highest BCUT2D eigenvalue weighted by Crippen LogP contribution is 2.30. The molecule has 0 spiro atoms. The summed E-state index contributed by atoms with van der Waals surface area (Å²) in [5.74, 6) is 1.90. The molecule has 5 nitrogen and oxygen atoms in total. The molecule has 0 aliphatic carbocycles. The minimum atomic E-state index is -0.0182. The van der Waals surface area contributed by atoms with Crippen LogP contribution in [0.5, 0.6) is 0 Å². The van der Waals surface area contributed by atoms with Crippen LogP contribution in [0.1, 0.15) is 0 Å². The van der Waals surface area contributed by atoms with E-state index in [1.807, 2.05) is 97.1 Å². The quantitative estimate of drug-likeness (QED) is 0.190. The van der Waals surface area contributed by atoms with Gasteiger partial charge in [0.1, 0.15) is 11.2 Å². The van der Waals surface area contributed by atoms with E-state index in [4.69, 9.17) is 19.4 Å². The van der Waals surface area contributed by atoms with E-state index < -0.39 is 0 Å². The minimum Gasteiger partial charge on any atom is -0.456 e. The van der Waals surface area contributed by atoms with E-state index in [-0.39, 0.29) is 5.43 Å². The van der Waals surface area contributed by atoms with Crippen LogP contribution < -0.4 is 5.43 Å². The van der Waals surface area contributed by atoms with E-state index in [0.29, 0.717) is 39.4 Å². The Balaban J connectivity index is 1.10. The van der Waals surface area contributed by atoms with Crippen molar-refractivity contribution in [1.82, 2.24) is 15.0 Å². The fourth-order valence-corrected chi connectivity index (χ4v) is 5.59. The normalized spacial score (nSPS) is 11.2. The lowest BCUT2D eigenvalue weighted by atomic mass is 9.98. The SMILES string of the molecule is O=c1c2ccccc2oc2ccc(-c3ccc(-c4ccc(-c5nc(-c6ccccc6)nc(-c6ccccc6)n5)cc4)cc3)cc12. The van der Waals surface area contributed by atoms with Gasteiger partial charge >= 0.3 is 0 Å². The summed E-state index contributed by atoms with van der Waals surface area (Å²) in [6.07, 6.45) is 0. The second-order valence-corrected chi connectivity index (χ2v) is 10.8. The summed E-state index contributed by atoms with van der Waals surface area (Å²) >= 11 is 0. The summed E-state index contributed by atoms with van der Waals surface area (Å²) < 4.78 is 5.98. The lowest BCUT2D eigenvalue weighted by molar-refractivity contribution is 0.660. The van der Waals surface area contributed by atoms with Gasteiger partial charge in [-0.1, -0.05) is 127 Å². The smallest absolute Gasteiger partial charge is 0.200 e. The van der Waals surface area contributed by atoms with Crippen molar-refractivity contribution >= 4 is 21.9 Å². The van der Waals surface area contributed by atoms with Gasteiger partial charge in [-0.3, -0.25) is 4.79 Å². The van der Waals surface area contributed by atoms with E-state index in [9.17, 15) is 4.79 Å². The first-order valence-corrected chi connectivity index (χ1v) is 14.7. The molecule has 0 bridgehead atoms. The highest BCUT2D eigenvalue weighted by atomic mass is 16.3. The number of fused-ring (bicyclic) bond motifs is 2. The van der Waals surface area contributed by atoms with E-state index in [1.165, 1.54) is 0 Å². The minimum absolute atomic E-state index is 0.0182. The third-order valence-corrected chi connectivity index (χ3v) is 7.97. The largest absolute Gasteiger partial charge is 0.456 e. The van der Waals surface area contributed by atoms with Gasteiger partial charge in [0.15, 0.2) is 17.5 Å². The molecule has 0 saturated carbocycles. The van der Waals surface area contributed by atoms with Crippen LogP contribution in [-0.4, -0.2) is 15.0 Å². The predicted octanol–water partition coefficient (Wildman–Crippen LogP) is 9.47. The van der Waals surface area contributed by atoms with E-state index in [2.05, 4.69) is 48.5 Å². The monoisotopic (exact) mass is 579 g/mol. The van der Waals surface area contributed by atoms with Crippen LogP contribution in [-0.2, 0) is 0 Å². The molecule has 0 N–H and O–H groups in total. The molecule has 8 rings (SSSR count). The molecule has 45 heavy (non-hydrogen) atoms. The number of aromatic nitrogens is 3. The average Bonchev–Trinajstić information content (AvgIpc) is 3.12. The van der Waals surface area contributed by atoms with E-state index >= 15 is 0 Å². The fourth-order valence-electron chi connectivity index (χ4n) is 5.59. The summed E-state index contributed by atoms with van der Waals surface area (Å²) in [5, 5.41) is 1.17. The van der Waals surface area contributed by atoms with Crippen LogP contribution in [0.25, 0.3) is 78.4 Å². The third kappa shape index (κ3) is 5.07. The molecule has 0 aliphatic rings. The maximum atomic E-state index is 13.1. The van der Waals surface area contributed by atoms with Gasteiger partial charge in [-0.25, -0.2) is 15.0 Å². The fraction of sp³-hybridized carbons (Fsp3) is 0. The van der Waals surface area contributed by atoms with E-state index in [0.717, 1.165) is 38.9 Å². The molecule has 0 unspecified atom stereocenters. The molecule has 8 aromatic rings. The van der Waals surface area contributed by atoms with Gasteiger partial charge < -0.3 is 4.42 Å². The number of nitrogens with zero attached hydrogens (tertiary/aromatic N) is 3. The lowest BCUT2D eigenvalue weighted by Crippen LogP contribution is -2.01. The first-order chi connectivity index (χ1) is 22.2. The van der Waals surface area contributed by atoms with Gasteiger partial charge in [0.25, 0.3) is 0 Å². The maximum Gasteiger partial charge on any atom is 0.200 e. The zero-order valence-corrected chi connectivity index (χ0v) is 24.1. The maximum absolute atomic E-state index is 13.1. The topological polar surface area (TPSA) is 68.9 Å². The van der Waals surface area contributed by atoms with Crippen molar-refractivity contribution < 1.29 is 4.42 Å². The van der Waals surface area contributed by atoms with Crippen LogP contribution in [0.2, 0.25) is 0 Å². The van der Waals surface area contributed by atoms with Crippen molar-refractivity contribution in [2.75, 3.05) is 0 Å². The van der Waals surface area contributed by atoms with Crippen molar-refractivity contribution in [2.24, 2.45) is 0 Å². The number of para-hydroxylation sites is 1. The molecule has 0 amide bonds. The molecule has 2 aromatic heterocycles. The van der Waals surface area contributed by atoms with Crippen LogP contribution >= 0.6 is 0 Å². The Morgan fingerprint density at radius 3 is 1.31 bits per heavy atom. The molecule has 0 saturated heterocycles. The Kier molecular flexibility index (Phi) is 6.54. The zero-order valence-electron chi connectivity index (χ0n) is 24.1. The number of benzene rings is 6. The van der Waals surface area contributed by atoms with Crippen LogP contribution in [0.15, 0.2) is 161 Å². The lowest BCUT2D eigenvalue weighted by Gasteiger charge is -2.09. The summed E-state index contributed by atoms with van der Waals surface area (Å²) in [5.41, 5.74) is 8.11. The van der Waals surface area contributed by atoms with Crippen molar-refractivity contribution in [3.8, 4) is 56.4 Å². The van der Waals surface area contributed by atoms with Gasteiger partial charge in [0, 0.05) is 16.7 Å². The number of hydrogen-bond acceptors (Lipinski definition) is 5. The van der Waals surface area contributed by atoms with Gasteiger partial charge in [0.05, 0.1) is 10.8 Å². The molecule has 5 heteroatoms. The Morgan fingerprint density at radius 1 is 0.356 bits per heavy atom. The standard InChI is InChI=1S/C40H25N3O2/c44-37-33-13-7-8-14-35(33)45-36-24-23-32(25-34(36)37)28-17-15-26(16-18-28)27-19-21-31(22-20-27)40-42-38(29-9-3-1-4-10-29)41-39(43-40)30-11-5-2-6-12-30/h1-25H. The van der Waals surface area contributed by atoms with Gasteiger partial charge in [0.2, 0.25) is 5.43 Å². The van der Waals surface area contributed by atoms with Crippen LogP contribution in [0, 0.1) is 0 Å². The molecule has 6 aromatic carbocycles. The predicted molar refractivity (Wildman–Crippen MR) is 181 cm³/mol. The van der Waals surface area contributed by atoms with Crippen molar-refractivity contribution in [3.63, 3.8) is 0 Å². The van der Waals surface area contributed by atoms with E-state index in [1.54, 1.807) is 6.07 Å². The summed E-state index contributed by atoms with van der Waals surface area (Å²) in [4.78, 5) is 27.6. The van der Waals surface area contributed by atoms with Crippen molar-refractivity contribution in [2.45, 2.75) is 0 Å². The molecule has 0 atom stereocenters. The van der Waals surface area contributed by atoms with Crippen molar-refractivity contribution in [1.29, 1.82) is 0 Å². The van der Waals surface area contributed by atoms with Gasteiger partial charge in [-0.05, 0) is 46.5 Å². The molecule has 0 fully saturated rings. The Bertz CT molecular complexity index is 2310. The molecule has 0 radical (unpaired) electrons. The molecular weight excluding hydrogens is 554 g/mol. The van der Waals surface area contributed by atoms with Gasteiger partial charge in [-0.15, -0.1) is 0 Å². The summed E-state index contributed by atoms with van der Waals surface area (Å²) in [6, 6.07) is 49.7. The number of rotatable bonds is 5. The van der Waals surface area contributed by atoms with Gasteiger partial charge in [-0.2, -0.15) is 0 Å².